The van der Waals surface area contributed by atoms with Gasteiger partial charge in [0.1, 0.15) is 11.4 Å². The van der Waals surface area contributed by atoms with Gasteiger partial charge in [-0.05, 0) is 72.9 Å². The standard InChI is InChI=1S/C19H22BrClN4O2/c1-24-14-3-4-15(24)10-13(9-14)22-19(26)17-6-7-25(23-17)11-27-18-5-2-12(21)8-16(18)20/h2,5-8,13-15H,3-4,9-11H2,1H3,(H,22,26)/t13?,14-,15+. The van der Waals surface area contributed by atoms with Crippen LogP contribution in [-0.4, -0.2) is 45.8 Å². The summed E-state index contributed by atoms with van der Waals surface area (Å²) in [6.07, 6.45) is 6.26. The molecule has 1 amide bonds. The number of halogens is 2. The second kappa shape index (κ2) is 7.81. The summed E-state index contributed by atoms with van der Waals surface area (Å²) in [4.78, 5) is 15.0. The number of hydrogen-bond acceptors (Lipinski definition) is 4. The van der Waals surface area contributed by atoms with Crippen LogP contribution in [0.3, 0.4) is 0 Å². The molecular weight excluding hydrogens is 432 g/mol. The molecule has 2 aliphatic heterocycles. The number of nitrogens with one attached hydrogen (secondary N) is 1. The molecule has 0 radical (unpaired) electrons. The molecule has 2 fully saturated rings. The lowest BCUT2D eigenvalue weighted by atomic mass is 9.98. The Hall–Kier alpha value is -1.57. The van der Waals surface area contributed by atoms with E-state index in [4.69, 9.17) is 16.3 Å². The Balaban J connectivity index is 1.33. The molecule has 8 heteroatoms. The number of ether oxygens (including phenoxy) is 1. The Morgan fingerprint density at radius 2 is 2.07 bits per heavy atom. The van der Waals surface area contributed by atoms with Crippen LogP contribution in [-0.2, 0) is 6.73 Å². The number of fused-ring (bicyclic) bond motifs is 2. The molecule has 2 aromatic rings. The van der Waals surface area contributed by atoms with Crippen molar-refractivity contribution in [2.75, 3.05) is 7.05 Å². The van der Waals surface area contributed by atoms with Gasteiger partial charge in [0, 0.05) is 29.3 Å². The Kier molecular flexibility index (Phi) is 5.43. The normalized spacial score (nSPS) is 24.8. The Labute approximate surface area is 171 Å². The van der Waals surface area contributed by atoms with Crippen LogP contribution in [0.4, 0.5) is 0 Å². The highest BCUT2D eigenvalue weighted by Crippen LogP contribution is 2.34. The third kappa shape index (κ3) is 4.15. The van der Waals surface area contributed by atoms with Crippen LogP contribution in [0.5, 0.6) is 5.75 Å². The van der Waals surface area contributed by atoms with E-state index in [-0.39, 0.29) is 18.7 Å². The van der Waals surface area contributed by atoms with Crippen molar-refractivity contribution in [1.82, 2.24) is 20.0 Å². The van der Waals surface area contributed by atoms with E-state index in [1.54, 1.807) is 35.1 Å². The zero-order valence-electron chi connectivity index (χ0n) is 15.1. The van der Waals surface area contributed by atoms with Gasteiger partial charge in [0.05, 0.1) is 4.47 Å². The van der Waals surface area contributed by atoms with Crippen molar-refractivity contribution in [3.8, 4) is 5.75 Å². The first-order valence-corrected chi connectivity index (χ1v) is 10.3. The number of rotatable bonds is 5. The van der Waals surface area contributed by atoms with E-state index in [9.17, 15) is 4.79 Å². The highest BCUT2D eigenvalue weighted by molar-refractivity contribution is 9.10. The maximum Gasteiger partial charge on any atom is 0.271 e. The molecule has 1 aromatic heterocycles. The predicted octanol–water partition coefficient (Wildman–Crippen LogP) is 3.69. The van der Waals surface area contributed by atoms with Crippen LogP contribution in [0.1, 0.15) is 36.2 Å². The summed E-state index contributed by atoms with van der Waals surface area (Å²) >= 11 is 9.35. The van der Waals surface area contributed by atoms with Gasteiger partial charge in [0.25, 0.3) is 5.91 Å². The molecule has 3 atom stereocenters. The van der Waals surface area contributed by atoms with Gasteiger partial charge >= 0.3 is 0 Å². The number of carbonyl (C=O) groups is 1. The molecule has 1 unspecified atom stereocenters. The van der Waals surface area contributed by atoms with Crippen molar-refractivity contribution in [1.29, 1.82) is 0 Å². The van der Waals surface area contributed by atoms with E-state index in [2.05, 4.69) is 38.3 Å². The molecule has 0 spiro atoms. The lowest BCUT2D eigenvalue weighted by Gasteiger charge is -2.36. The Bertz CT molecular complexity index is 829. The zero-order valence-corrected chi connectivity index (χ0v) is 17.4. The summed E-state index contributed by atoms with van der Waals surface area (Å²) in [5.41, 5.74) is 0.417. The first-order valence-electron chi connectivity index (χ1n) is 9.13. The number of piperidine rings is 1. The molecule has 144 valence electrons. The highest BCUT2D eigenvalue weighted by Gasteiger charge is 2.38. The minimum absolute atomic E-state index is 0.115. The summed E-state index contributed by atoms with van der Waals surface area (Å²) in [5, 5.41) is 8.12. The van der Waals surface area contributed by atoms with Gasteiger partial charge in [0.15, 0.2) is 6.73 Å². The third-order valence-electron chi connectivity index (χ3n) is 5.55. The van der Waals surface area contributed by atoms with Crippen LogP contribution in [0, 0.1) is 0 Å². The maximum absolute atomic E-state index is 12.5. The van der Waals surface area contributed by atoms with Crippen LogP contribution in [0.25, 0.3) is 0 Å². The van der Waals surface area contributed by atoms with Gasteiger partial charge < -0.3 is 15.0 Å². The molecule has 0 aliphatic carbocycles. The minimum Gasteiger partial charge on any atom is -0.470 e. The van der Waals surface area contributed by atoms with Gasteiger partial charge in [0.2, 0.25) is 0 Å². The van der Waals surface area contributed by atoms with Crippen LogP contribution in [0.2, 0.25) is 5.02 Å². The Morgan fingerprint density at radius 1 is 1.33 bits per heavy atom. The molecule has 2 bridgehead atoms. The topological polar surface area (TPSA) is 59.4 Å². The molecule has 1 aromatic carbocycles. The number of benzene rings is 1. The molecular formula is C19H22BrClN4O2. The Morgan fingerprint density at radius 3 is 2.78 bits per heavy atom. The van der Waals surface area contributed by atoms with Crippen LogP contribution >= 0.6 is 27.5 Å². The fraction of sp³-hybridized carbons (Fsp3) is 0.474. The van der Waals surface area contributed by atoms with Crippen molar-refractivity contribution in [3.05, 3.63) is 45.7 Å². The number of carbonyl (C=O) groups excluding carboxylic acids is 1. The first kappa shape index (κ1) is 18.8. The monoisotopic (exact) mass is 452 g/mol. The molecule has 4 rings (SSSR count). The summed E-state index contributed by atoms with van der Waals surface area (Å²) in [7, 11) is 2.20. The average molecular weight is 454 g/mol. The largest absolute Gasteiger partial charge is 0.470 e. The lowest BCUT2D eigenvalue weighted by molar-refractivity contribution is 0.0875. The molecule has 1 N–H and O–H groups in total. The molecule has 3 heterocycles. The summed E-state index contributed by atoms with van der Waals surface area (Å²) in [6.45, 7) is 0.214. The van der Waals surface area contributed by atoms with Gasteiger partial charge in [-0.3, -0.25) is 4.79 Å². The molecule has 6 nitrogen and oxygen atoms in total. The molecule has 2 saturated heterocycles. The molecule has 0 saturated carbocycles. The summed E-state index contributed by atoms with van der Waals surface area (Å²) < 4.78 is 8.11. The van der Waals surface area contributed by atoms with Gasteiger partial charge in [-0.1, -0.05) is 11.6 Å². The SMILES string of the molecule is CN1[C@@H]2CC[C@H]1CC(NC(=O)c1ccn(COc3ccc(Cl)cc3Br)n1)C2. The number of nitrogens with zero attached hydrogens (tertiary/aromatic N) is 3. The molecule has 2 aliphatic rings. The van der Waals surface area contributed by atoms with Crippen molar-refractivity contribution < 1.29 is 9.53 Å². The van der Waals surface area contributed by atoms with Crippen molar-refractivity contribution in [2.45, 2.75) is 50.5 Å². The van der Waals surface area contributed by atoms with Crippen molar-refractivity contribution in [3.63, 3.8) is 0 Å². The predicted molar refractivity (Wildman–Crippen MR) is 107 cm³/mol. The smallest absolute Gasteiger partial charge is 0.271 e. The second-order valence-corrected chi connectivity index (χ2v) is 8.57. The van der Waals surface area contributed by atoms with Gasteiger partial charge in [-0.25, -0.2) is 4.68 Å². The third-order valence-corrected chi connectivity index (χ3v) is 6.41. The van der Waals surface area contributed by atoms with E-state index < -0.39 is 0 Å². The van der Waals surface area contributed by atoms with Crippen LogP contribution in [0.15, 0.2) is 34.9 Å². The first-order chi connectivity index (χ1) is 13.0. The maximum atomic E-state index is 12.5. The van der Waals surface area contributed by atoms with E-state index in [1.165, 1.54) is 12.8 Å². The number of aromatic nitrogens is 2. The summed E-state index contributed by atoms with van der Waals surface area (Å²) in [5.74, 6) is 0.554. The van der Waals surface area contributed by atoms with E-state index in [0.29, 0.717) is 28.5 Å². The van der Waals surface area contributed by atoms with E-state index in [0.717, 1.165) is 17.3 Å². The average Bonchev–Trinajstić information content (AvgIpc) is 3.16. The fourth-order valence-corrected chi connectivity index (χ4v) is 4.87. The zero-order chi connectivity index (χ0) is 19.0. The van der Waals surface area contributed by atoms with Crippen molar-refractivity contribution >= 4 is 33.4 Å². The fourth-order valence-electron chi connectivity index (χ4n) is 4.07. The van der Waals surface area contributed by atoms with Gasteiger partial charge in [-0.15, -0.1) is 0 Å². The molecule has 27 heavy (non-hydrogen) atoms. The number of amides is 1. The van der Waals surface area contributed by atoms with E-state index >= 15 is 0 Å². The second-order valence-electron chi connectivity index (χ2n) is 7.28. The number of hydrogen-bond donors (Lipinski definition) is 1. The van der Waals surface area contributed by atoms with Gasteiger partial charge in [-0.2, -0.15) is 5.10 Å². The quantitative estimate of drug-likeness (QED) is 0.750. The van der Waals surface area contributed by atoms with Crippen LogP contribution < -0.4 is 10.1 Å². The minimum atomic E-state index is -0.115. The van der Waals surface area contributed by atoms with E-state index in [1.807, 2.05) is 0 Å². The highest BCUT2D eigenvalue weighted by atomic mass is 79.9. The summed E-state index contributed by atoms with van der Waals surface area (Å²) in [6, 6.07) is 8.47. The lowest BCUT2D eigenvalue weighted by Crippen LogP contribution is -2.48. The van der Waals surface area contributed by atoms with Crippen molar-refractivity contribution in [2.24, 2.45) is 0 Å².